The first-order valence-electron chi connectivity index (χ1n) is 1.23. The standard InChI is InChI=1S/CH4O.K.H3O4P.H/c1-2;;1-5(2,3)4;/h2H,1H3;;(H3,1,2,3,4);. The normalized spacial score (nSPS) is 8.12. The summed E-state index contributed by atoms with van der Waals surface area (Å²) in [5, 5.41) is 7.00. The summed E-state index contributed by atoms with van der Waals surface area (Å²) in [7, 11) is -3.64. The number of aliphatic hydroxyl groups excluding tert-OH is 1. The maximum atomic E-state index is 8.88. The number of phosphoric acid groups is 1. The molecule has 0 amide bonds. The Bertz CT molecular complexity index is 58.6. The average Bonchev–Trinajstić information content (AvgIpc) is 1.36. The van der Waals surface area contributed by atoms with E-state index >= 15 is 0 Å². The van der Waals surface area contributed by atoms with E-state index in [4.69, 9.17) is 24.4 Å². The van der Waals surface area contributed by atoms with Crippen LogP contribution in [0.25, 0.3) is 0 Å². The van der Waals surface area contributed by atoms with Crippen molar-refractivity contribution in [3.63, 3.8) is 0 Å². The Labute approximate surface area is 89.4 Å². The van der Waals surface area contributed by atoms with E-state index in [0.717, 1.165) is 7.11 Å². The van der Waals surface area contributed by atoms with Crippen molar-refractivity contribution in [3.05, 3.63) is 0 Å². The van der Waals surface area contributed by atoms with E-state index in [1.165, 1.54) is 0 Å². The SMILES string of the molecule is CO.O=P(O)(O)O.[KH]. The number of hydrogen-bond donors (Lipinski definition) is 4. The zero-order valence-corrected chi connectivity index (χ0v) is 4.54. The molecule has 0 radical (unpaired) electrons. The van der Waals surface area contributed by atoms with Crippen LogP contribution in [-0.4, -0.2) is 78.3 Å². The van der Waals surface area contributed by atoms with Crippen molar-refractivity contribution in [1.82, 2.24) is 0 Å². The van der Waals surface area contributed by atoms with E-state index < -0.39 is 7.82 Å². The Hall–Kier alpha value is 1.71. The third-order valence-corrected chi connectivity index (χ3v) is 0. The quantitative estimate of drug-likeness (QED) is 0.250. The van der Waals surface area contributed by atoms with Crippen molar-refractivity contribution in [2.45, 2.75) is 0 Å². The molecule has 0 rings (SSSR count). The van der Waals surface area contributed by atoms with Crippen LogP contribution in [0.5, 0.6) is 0 Å². The van der Waals surface area contributed by atoms with Gasteiger partial charge < -0.3 is 19.8 Å². The Morgan fingerprint density at radius 2 is 1.12 bits per heavy atom. The fourth-order valence-electron chi connectivity index (χ4n) is 0. The zero-order chi connectivity index (χ0) is 6.50. The summed E-state index contributed by atoms with van der Waals surface area (Å²) in [4.78, 5) is 21.6. The van der Waals surface area contributed by atoms with Gasteiger partial charge in [-0.15, -0.1) is 0 Å². The van der Waals surface area contributed by atoms with Gasteiger partial charge in [0.1, 0.15) is 0 Å². The van der Waals surface area contributed by atoms with Crippen molar-refractivity contribution >= 4 is 59.2 Å². The second-order valence-corrected chi connectivity index (χ2v) is 1.54. The summed E-state index contributed by atoms with van der Waals surface area (Å²) in [5.41, 5.74) is 0. The molecule has 8 heavy (non-hydrogen) atoms. The number of aliphatic hydroxyl groups is 1. The molecule has 0 heterocycles. The average molecular weight is 170 g/mol. The van der Waals surface area contributed by atoms with Crippen molar-refractivity contribution in [1.29, 1.82) is 0 Å². The van der Waals surface area contributed by atoms with Crippen molar-refractivity contribution in [3.8, 4) is 0 Å². The van der Waals surface area contributed by atoms with Crippen molar-refractivity contribution < 1.29 is 24.4 Å². The number of hydrogen-bond acceptors (Lipinski definition) is 2. The van der Waals surface area contributed by atoms with Gasteiger partial charge in [-0.3, -0.25) is 0 Å². The van der Waals surface area contributed by atoms with Crippen LogP contribution in [0.15, 0.2) is 0 Å². The van der Waals surface area contributed by atoms with E-state index in [1.54, 1.807) is 0 Å². The summed E-state index contributed by atoms with van der Waals surface area (Å²) in [6.07, 6.45) is 0. The van der Waals surface area contributed by atoms with E-state index in [1.807, 2.05) is 0 Å². The van der Waals surface area contributed by atoms with Gasteiger partial charge in [0.2, 0.25) is 0 Å². The first-order valence-corrected chi connectivity index (χ1v) is 2.79. The molecular formula is CH8KO5P. The van der Waals surface area contributed by atoms with Crippen LogP contribution in [0.3, 0.4) is 0 Å². The molecule has 0 saturated carbocycles. The molecule has 0 aliphatic carbocycles. The van der Waals surface area contributed by atoms with Gasteiger partial charge in [0.05, 0.1) is 0 Å². The van der Waals surface area contributed by atoms with Gasteiger partial charge in [-0.1, -0.05) is 0 Å². The number of rotatable bonds is 0. The van der Waals surface area contributed by atoms with Gasteiger partial charge in [0, 0.05) is 7.11 Å². The van der Waals surface area contributed by atoms with Crippen LogP contribution in [0.2, 0.25) is 0 Å². The van der Waals surface area contributed by atoms with Crippen molar-refractivity contribution in [2.24, 2.45) is 0 Å². The van der Waals surface area contributed by atoms with Crippen LogP contribution in [0, 0.1) is 0 Å². The third-order valence-electron chi connectivity index (χ3n) is 0. The molecule has 7 heteroatoms. The molecule has 0 aliphatic rings. The molecule has 0 bridgehead atoms. The molecule has 0 atom stereocenters. The summed E-state index contributed by atoms with van der Waals surface area (Å²) in [5.74, 6) is 0. The molecule has 0 fully saturated rings. The van der Waals surface area contributed by atoms with Gasteiger partial charge in [-0.2, -0.15) is 0 Å². The molecule has 48 valence electrons. The molecule has 0 aromatic rings. The molecule has 0 saturated heterocycles. The summed E-state index contributed by atoms with van der Waals surface area (Å²) in [6.45, 7) is 0. The minimum absolute atomic E-state index is 0. The van der Waals surface area contributed by atoms with Crippen LogP contribution in [0.4, 0.5) is 0 Å². The zero-order valence-electron chi connectivity index (χ0n) is 3.64. The molecule has 4 N–H and O–H groups in total. The van der Waals surface area contributed by atoms with Crippen molar-refractivity contribution in [2.75, 3.05) is 7.11 Å². The topological polar surface area (TPSA) is 98.0 Å². The molecule has 0 aromatic carbocycles. The summed E-state index contributed by atoms with van der Waals surface area (Å²) in [6, 6.07) is 0. The van der Waals surface area contributed by atoms with Gasteiger partial charge in [0.25, 0.3) is 0 Å². The fourth-order valence-corrected chi connectivity index (χ4v) is 0. The van der Waals surface area contributed by atoms with E-state index in [0.29, 0.717) is 0 Å². The van der Waals surface area contributed by atoms with Gasteiger partial charge in [0.15, 0.2) is 0 Å². The monoisotopic (exact) mass is 170 g/mol. The summed E-state index contributed by atoms with van der Waals surface area (Å²) >= 11 is 0. The first kappa shape index (κ1) is 16.4. The van der Waals surface area contributed by atoms with Crippen LogP contribution in [-0.2, 0) is 4.57 Å². The molecule has 0 aliphatic heterocycles. The Balaban J connectivity index is -0.0000000750. The minimum atomic E-state index is -4.64. The van der Waals surface area contributed by atoms with Crippen LogP contribution >= 0.6 is 7.82 Å². The fraction of sp³-hybridized carbons (Fsp3) is 1.00. The Kier molecular flexibility index (Phi) is 17.8. The van der Waals surface area contributed by atoms with E-state index in [2.05, 4.69) is 0 Å². The van der Waals surface area contributed by atoms with Gasteiger partial charge >= 0.3 is 59.2 Å². The second kappa shape index (κ2) is 8.71. The van der Waals surface area contributed by atoms with Crippen LogP contribution in [0.1, 0.15) is 0 Å². The molecule has 0 spiro atoms. The molecule has 0 aromatic heterocycles. The second-order valence-electron chi connectivity index (χ2n) is 0.513. The van der Waals surface area contributed by atoms with Gasteiger partial charge in [-0.25, -0.2) is 4.57 Å². The van der Waals surface area contributed by atoms with E-state index in [-0.39, 0.29) is 51.4 Å². The molecule has 0 unspecified atom stereocenters. The molecule has 5 nitrogen and oxygen atoms in total. The van der Waals surface area contributed by atoms with E-state index in [9.17, 15) is 0 Å². The first-order chi connectivity index (χ1) is 3.00. The predicted octanol–water partition coefficient (Wildman–Crippen LogP) is -1.97. The van der Waals surface area contributed by atoms with Crippen LogP contribution < -0.4 is 0 Å². The Morgan fingerprint density at radius 3 is 1.12 bits per heavy atom. The van der Waals surface area contributed by atoms with Gasteiger partial charge in [-0.05, 0) is 0 Å². The summed E-state index contributed by atoms with van der Waals surface area (Å²) < 4.78 is 8.88. The molecular weight excluding hydrogens is 162 g/mol. The third kappa shape index (κ3) is 119. The Morgan fingerprint density at radius 1 is 1.12 bits per heavy atom. The maximum absolute atomic E-state index is 8.88. The predicted molar refractivity (Wildman–Crippen MR) is 29.6 cm³/mol.